The van der Waals surface area contributed by atoms with Gasteiger partial charge in [-0.15, -0.1) is 0 Å². The maximum Gasteiger partial charge on any atom is 0.256 e. The fourth-order valence-corrected chi connectivity index (χ4v) is 4.56. The maximum absolute atomic E-state index is 12.6. The SMILES string of the molecule is O=C1c2cnccc2CN1Cc1ccc2c(c1)CCN(C1CCC1)CC2. The molecule has 0 saturated heterocycles. The van der Waals surface area contributed by atoms with Crippen molar-refractivity contribution in [2.24, 2.45) is 0 Å². The van der Waals surface area contributed by atoms with Gasteiger partial charge < -0.3 is 4.90 Å². The van der Waals surface area contributed by atoms with Gasteiger partial charge in [-0.25, -0.2) is 0 Å². The van der Waals surface area contributed by atoms with E-state index in [0.717, 1.165) is 30.0 Å². The van der Waals surface area contributed by atoms with Crippen LogP contribution in [0.2, 0.25) is 0 Å². The Bertz CT molecular complexity index is 843. The quantitative estimate of drug-likeness (QED) is 0.856. The van der Waals surface area contributed by atoms with Crippen molar-refractivity contribution in [2.45, 2.75) is 51.2 Å². The zero-order chi connectivity index (χ0) is 17.5. The Labute approximate surface area is 154 Å². The number of hydrogen-bond donors (Lipinski definition) is 0. The van der Waals surface area contributed by atoms with E-state index >= 15 is 0 Å². The highest BCUT2D eigenvalue weighted by atomic mass is 16.2. The third-order valence-electron chi connectivity index (χ3n) is 6.36. The van der Waals surface area contributed by atoms with Gasteiger partial charge in [0, 0.05) is 44.6 Å². The lowest BCUT2D eigenvalue weighted by Crippen LogP contribution is -2.41. The van der Waals surface area contributed by atoms with Gasteiger partial charge in [0.25, 0.3) is 5.91 Å². The summed E-state index contributed by atoms with van der Waals surface area (Å²) in [7, 11) is 0. The Kier molecular flexibility index (Phi) is 4.01. The van der Waals surface area contributed by atoms with Gasteiger partial charge in [0.15, 0.2) is 0 Å². The molecular formula is C22H25N3O. The molecule has 1 aromatic heterocycles. The first-order chi connectivity index (χ1) is 12.8. The van der Waals surface area contributed by atoms with Crippen LogP contribution >= 0.6 is 0 Å². The van der Waals surface area contributed by atoms with Crippen molar-refractivity contribution in [3.05, 3.63) is 64.5 Å². The van der Waals surface area contributed by atoms with Crippen LogP contribution in [0.25, 0.3) is 0 Å². The molecule has 3 heterocycles. The van der Waals surface area contributed by atoms with Crippen molar-refractivity contribution in [1.82, 2.24) is 14.8 Å². The highest BCUT2D eigenvalue weighted by Gasteiger charge is 2.28. The van der Waals surface area contributed by atoms with Crippen molar-refractivity contribution in [3.8, 4) is 0 Å². The van der Waals surface area contributed by atoms with Crippen LogP contribution in [-0.4, -0.2) is 39.8 Å². The minimum Gasteiger partial charge on any atom is -0.330 e. The van der Waals surface area contributed by atoms with Gasteiger partial charge in [0.2, 0.25) is 0 Å². The molecule has 1 amide bonds. The normalized spacial score (nSPS) is 20.5. The maximum atomic E-state index is 12.6. The molecule has 5 rings (SSSR count). The van der Waals surface area contributed by atoms with Crippen LogP contribution in [0, 0.1) is 0 Å². The largest absolute Gasteiger partial charge is 0.330 e. The molecule has 0 bridgehead atoms. The van der Waals surface area contributed by atoms with Gasteiger partial charge in [0.1, 0.15) is 0 Å². The summed E-state index contributed by atoms with van der Waals surface area (Å²) in [6.45, 7) is 3.77. The first-order valence-corrected chi connectivity index (χ1v) is 9.85. The third-order valence-corrected chi connectivity index (χ3v) is 6.36. The van der Waals surface area contributed by atoms with Gasteiger partial charge in [-0.3, -0.25) is 14.7 Å². The molecule has 0 unspecified atom stereocenters. The number of carbonyl (C=O) groups excluding carboxylic acids is 1. The molecule has 26 heavy (non-hydrogen) atoms. The lowest BCUT2D eigenvalue weighted by molar-refractivity contribution is 0.0766. The van der Waals surface area contributed by atoms with Crippen molar-refractivity contribution in [2.75, 3.05) is 13.1 Å². The van der Waals surface area contributed by atoms with E-state index < -0.39 is 0 Å². The van der Waals surface area contributed by atoms with E-state index in [9.17, 15) is 4.79 Å². The second kappa shape index (κ2) is 6.51. The van der Waals surface area contributed by atoms with Crippen LogP contribution < -0.4 is 0 Å². The van der Waals surface area contributed by atoms with Gasteiger partial charge >= 0.3 is 0 Å². The van der Waals surface area contributed by atoms with Crippen LogP contribution in [0.3, 0.4) is 0 Å². The second-order valence-electron chi connectivity index (χ2n) is 7.92. The Morgan fingerprint density at radius 1 is 1.04 bits per heavy atom. The molecule has 4 heteroatoms. The first-order valence-electron chi connectivity index (χ1n) is 9.85. The summed E-state index contributed by atoms with van der Waals surface area (Å²) in [4.78, 5) is 21.3. The standard InChI is InChI=1S/C22H25N3O/c26-22-21-13-23-9-6-19(21)15-25(22)14-16-4-5-17-7-10-24(20-2-1-3-20)11-8-18(17)12-16/h4-6,9,12-13,20H,1-3,7-8,10-11,14-15H2. The summed E-state index contributed by atoms with van der Waals surface area (Å²) in [6, 6.07) is 9.64. The van der Waals surface area contributed by atoms with Gasteiger partial charge in [-0.05, 0) is 54.0 Å². The van der Waals surface area contributed by atoms with E-state index in [4.69, 9.17) is 0 Å². The van der Waals surface area contributed by atoms with Crippen molar-refractivity contribution >= 4 is 5.91 Å². The molecule has 3 aliphatic rings. The van der Waals surface area contributed by atoms with Crippen LogP contribution in [0.15, 0.2) is 36.7 Å². The Morgan fingerprint density at radius 3 is 2.65 bits per heavy atom. The second-order valence-corrected chi connectivity index (χ2v) is 7.92. The highest BCUT2D eigenvalue weighted by molar-refractivity contribution is 5.97. The van der Waals surface area contributed by atoms with Gasteiger partial charge in [0.05, 0.1) is 5.56 Å². The van der Waals surface area contributed by atoms with Gasteiger partial charge in [-0.2, -0.15) is 0 Å². The third kappa shape index (κ3) is 2.82. The fourth-order valence-electron chi connectivity index (χ4n) is 4.56. The van der Waals surface area contributed by atoms with Crippen LogP contribution in [0.4, 0.5) is 0 Å². The zero-order valence-electron chi connectivity index (χ0n) is 15.2. The highest BCUT2D eigenvalue weighted by Crippen LogP contribution is 2.28. The molecule has 0 N–H and O–H groups in total. The van der Waals surface area contributed by atoms with E-state index in [2.05, 4.69) is 28.1 Å². The fraction of sp³-hybridized carbons (Fsp3) is 0.455. The van der Waals surface area contributed by atoms with Crippen molar-refractivity contribution < 1.29 is 4.79 Å². The molecule has 1 saturated carbocycles. The van der Waals surface area contributed by atoms with Crippen molar-refractivity contribution in [1.29, 1.82) is 0 Å². The summed E-state index contributed by atoms with van der Waals surface area (Å²) < 4.78 is 0. The summed E-state index contributed by atoms with van der Waals surface area (Å²) >= 11 is 0. The van der Waals surface area contributed by atoms with E-state index in [1.54, 1.807) is 12.4 Å². The number of pyridine rings is 1. The summed E-state index contributed by atoms with van der Waals surface area (Å²) in [6.07, 6.45) is 9.93. The monoisotopic (exact) mass is 347 g/mol. The molecule has 2 aromatic rings. The Hall–Kier alpha value is -2.20. The summed E-state index contributed by atoms with van der Waals surface area (Å²) in [5, 5.41) is 0. The minimum atomic E-state index is 0.110. The number of fused-ring (bicyclic) bond motifs is 2. The van der Waals surface area contributed by atoms with Gasteiger partial charge in [-0.1, -0.05) is 24.6 Å². The topological polar surface area (TPSA) is 36.4 Å². The molecule has 0 radical (unpaired) electrons. The molecule has 134 valence electrons. The molecule has 0 spiro atoms. The molecular weight excluding hydrogens is 322 g/mol. The zero-order valence-corrected chi connectivity index (χ0v) is 15.2. The van der Waals surface area contributed by atoms with Crippen LogP contribution in [-0.2, 0) is 25.9 Å². The van der Waals surface area contributed by atoms with Crippen LogP contribution in [0.5, 0.6) is 0 Å². The molecule has 1 aliphatic carbocycles. The molecule has 1 aromatic carbocycles. The predicted octanol–water partition coefficient (Wildman–Crippen LogP) is 3.19. The smallest absolute Gasteiger partial charge is 0.256 e. The molecule has 4 nitrogen and oxygen atoms in total. The minimum absolute atomic E-state index is 0.110. The Balaban J connectivity index is 1.30. The van der Waals surface area contributed by atoms with E-state index in [1.807, 2.05) is 11.0 Å². The Morgan fingerprint density at radius 2 is 1.88 bits per heavy atom. The van der Waals surface area contributed by atoms with Crippen molar-refractivity contribution in [3.63, 3.8) is 0 Å². The average Bonchev–Trinajstić information content (AvgIpc) is 2.79. The lowest BCUT2D eigenvalue weighted by Gasteiger charge is -2.36. The van der Waals surface area contributed by atoms with E-state index in [0.29, 0.717) is 13.1 Å². The number of rotatable bonds is 3. The number of hydrogen-bond acceptors (Lipinski definition) is 3. The number of benzene rings is 1. The average molecular weight is 347 g/mol. The molecule has 2 aliphatic heterocycles. The summed E-state index contributed by atoms with van der Waals surface area (Å²) in [5.41, 5.74) is 6.08. The number of nitrogens with zero attached hydrogens (tertiary/aromatic N) is 3. The number of aromatic nitrogens is 1. The number of carbonyl (C=O) groups is 1. The lowest BCUT2D eigenvalue weighted by atomic mass is 9.91. The molecule has 0 atom stereocenters. The van der Waals surface area contributed by atoms with Crippen LogP contribution in [0.1, 0.15) is 51.9 Å². The molecule has 1 fully saturated rings. The predicted molar refractivity (Wildman–Crippen MR) is 101 cm³/mol. The van der Waals surface area contributed by atoms with E-state index in [1.165, 1.54) is 49.0 Å². The summed E-state index contributed by atoms with van der Waals surface area (Å²) in [5.74, 6) is 0.110. The number of amides is 1. The van der Waals surface area contributed by atoms with E-state index in [-0.39, 0.29) is 5.91 Å². The first kappa shape index (κ1) is 16.0.